The van der Waals surface area contributed by atoms with Crippen LogP contribution in [0.4, 0.5) is 0 Å². The van der Waals surface area contributed by atoms with Crippen LogP contribution in [0.2, 0.25) is 0 Å². The molecular formula is C20H34O4. The second kappa shape index (κ2) is 16.5. The van der Waals surface area contributed by atoms with E-state index in [1.165, 1.54) is 32.1 Å². The topological polar surface area (TPSA) is 77.8 Å². The molecule has 0 fully saturated rings. The number of hydrogen-bond acceptors (Lipinski definition) is 3. The largest absolute Gasteiger partial charge is 0.481 e. The number of carbonyl (C=O) groups is 1. The summed E-state index contributed by atoms with van der Waals surface area (Å²) >= 11 is 0. The molecule has 0 aliphatic rings. The first-order chi connectivity index (χ1) is 11.6. The fourth-order valence-corrected chi connectivity index (χ4v) is 2.30. The van der Waals surface area contributed by atoms with Gasteiger partial charge in [-0.1, -0.05) is 81.9 Å². The van der Waals surface area contributed by atoms with Crippen LogP contribution < -0.4 is 0 Å². The lowest BCUT2D eigenvalue weighted by atomic mass is 10.1. The summed E-state index contributed by atoms with van der Waals surface area (Å²) in [6.45, 7) is 2.21. The van der Waals surface area contributed by atoms with Gasteiger partial charge < -0.3 is 15.3 Å². The summed E-state index contributed by atoms with van der Waals surface area (Å²) in [4.78, 5) is 10.4. The molecule has 138 valence electrons. The highest BCUT2D eigenvalue weighted by Gasteiger charge is 2.01. The highest BCUT2D eigenvalue weighted by molar-refractivity contribution is 5.66. The van der Waals surface area contributed by atoms with Crippen molar-refractivity contribution in [2.45, 2.75) is 83.3 Å². The number of aliphatic hydroxyl groups excluding tert-OH is 2. The van der Waals surface area contributed by atoms with Crippen molar-refractivity contribution in [1.82, 2.24) is 0 Å². The first-order valence-electron chi connectivity index (χ1n) is 9.15. The Bertz CT molecular complexity index is 385. The third-order valence-electron chi connectivity index (χ3n) is 3.74. The van der Waals surface area contributed by atoms with Crippen molar-refractivity contribution in [2.75, 3.05) is 0 Å². The van der Waals surface area contributed by atoms with Gasteiger partial charge in [0.15, 0.2) is 0 Å². The maximum atomic E-state index is 10.4. The number of allylic oxidation sites excluding steroid dienone is 4. The molecule has 0 saturated heterocycles. The Hall–Kier alpha value is -1.39. The Morgan fingerprint density at radius 2 is 1.29 bits per heavy atom. The monoisotopic (exact) mass is 338 g/mol. The van der Waals surface area contributed by atoms with Crippen LogP contribution in [0.1, 0.15) is 71.1 Å². The van der Waals surface area contributed by atoms with Gasteiger partial charge in [-0.2, -0.15) is 0 Å². The number of rotatable bonds is 15. The highest BCUT2D eigenvalue weighted by atomic mass is 16.4. The molecule has 0 unspecified atom stereocenters. The van der Waals surface area contributed by atoms with Crippen molar-refractivity contribution in [3.8, 4) is 0 Å². The van der Waals surface area contributed by atoms with Gasteiger partial charge in [-0.3, -0.25) is 4.79 Å². The van der Waals surface area contributed by atoms with E-state index in [1.54, 1.807) is 24.3 Å². The third-order valence-corrected chi connectivity index (χ3v) is 3.74. The number of hydrogen-bond donors (Lipinski definition) is 3. The zero-order valence-corrected chi connectivity index (χ0v) is 14.9. The summed E-state index contributed by atoms with van der Waals surface area (Å²) in [6.07, 6.45) is 18.7. The average molecular weight is 338 g/mol. The molecule has 0 bridgehead atoms. The second-order valence-electron chi connectivity index (χ2n) is 6.13. The SMILES string of the molecule is CCCCCCCC[C@@H](O)\C=C/C=C/C=C/[C@@H](O)CCCC(=O)O. The van der Waals surface area contributed by atoms with Gasteiger partial charge in [0.2, 0.25) is 0 Å². The molecule has 0 amide bonds. The molecule has 0 aromatic rings. The zero-order chi connectivity index (χ0) is 18.0. The lowest BCUT2D eigenvalue weighted by Gasteiger charge is -2.04. The number of aliphatic carboxylic acids is 1. The number of carboxylic acid groups (broad SMARTS) is 1. The highest BCUT2D eigenvalue weighted by Crippen LogP contribution is 2.09. The van der Waals surface area contributed by atoms with E-state index in [2.05, 4.69) is 6.92 Å². The molecule has 0 aromatic carbocycles. The number of carboxylic acids is 1. The van der Waals surface area contributed by atoms with Crippen molar-refractivity contribution in [2.24, 2.45) is 0 Å². The summed E-state index contributed by atoms with van der Waals surface area (Å²) < 4.78 is 0. The lowest BCUT2D eigenvalue weighted by Crippen LogP contribution is -2.03. The van der Waals surface area contributed by atoms with Gasteiger partial charge in [0.05, 0.1) is 12.2 Å². The molecule has 0 rings (SSSR count). The molecule has 2 atom stereocenters. The van der Waals surface area contributed by atoms with Crippen LogP contribution in [-0.4, -0.2) is 33.5 Å². The molecule has 0 saturated carbocycles. The first kappa shape index (κ1) is 22.6. The fraction of sp³-hybridized carbons (Fsp3) is 0.650. The summed E-state index contributed by atoms with van der Waals surface area (Å²) in [5, 5.41) is 27.9. The van der Waals surface area contributed by atoms with Crippen LogP contribution in [-0.2, 0) is 4.79 Å². The van der Waals surface area contributed by atoms with Gasteiger partial charge in [-0.05, 0) is 19.3 Å². The van der Waals surface area contributed by atoms with Crippen molar-refractivity contribution < 1.29 is 20.1 Å². The predicted molar refractivity (Wildman–Crippen MR) is 98.9 cm³/mol. The van der Waals surface area contributed by atoms with E-state index in [0.29, 0.717) is 12.8 Å². The van der Waals surface area contributed by atoms with Crippen LogP contribution in [0.3, 0.4) is 0 Å². The van der Waals surface area contributed by atoms with Crippen LogP contribution in [0.25, 0.3) is 0 Å². The molecule has 4 heteroatoms. The minimum Gasteiger partial charge on any atom is -0.481 e. The fourth-order valence-electron chi connectivity index (χ4n) is 2.30. The normalized spacial score (nSPS) is 14.8. The van der Waals surface area contributed by atoms with E-state index in [-0.39, 0.29) is 6.42 Å². The minimum absolute atomic E-state index is 0.0833. The first-order valence-corrected chi connectivity index (χ1v) is 9.15. The van der Waals surface area contributed by atoms with Crippen molar-refractivity contribution in [1.29, 1.82) is 0 Å². The van der Waals surface area contributed by atoms with Gasteiger partial charge in [-0.25, -0.2) is 0 Å². The summed E-state index contributed by atoms with van der Waals surface area (Å²) in [5.41, 5.74) is 0. The standard InChI is InChI=1S/C20H34O4/c1-2-3-4-5-6-9-13-18(21)14-10-7-8-11-15-19(22)16-12-17-20(23)24/h7-8,10-11,14-15,18-19,21-22H,2-6,9,12-13,16-17H2,1H3,(H,23,24)/b8-7+,14-10-,15-11+/t18-,19-/m1/s1. The summed E-state index contributed by atoms with van der Waals surface area (Å²) in [7, 11) is 0. The Morgan fingerprint density at radius 3 is 1.83 bits per heavy atom. The molecule has 3 N–H and O–H groups in total. The number of unbranched alkanes of at least 4 members (excludes halogenated alkanes) is 5. The van der Waals surface area contributed by atoms with E-state index < -0.39 is 18.2 Å². The minimum atomic E-state index is -0.837. The van der Waals surface area contributed by atoms with E-state index in [9.17, 15) is 15.0 Å². The predicted octanol–water partition coefficient (Wildman–Crippen LogP) is 4.38. The van der Waals surface area contributed by atoms with Crippen molar-refractivity contribution >= 4 is 5.97 Å². The molecule has 0 aliphatic heterocycles. The summed E-state index contributed by atoms with van der Waals surface area (Å²) in [6, 6.07) is 0. The van der Waals surface area contributed by atoms with Crippen LogP contribution in [0.15, 0.2) is 36.5 Å². The molecule has 24 heavy (non-hydrogen) atoms. The molecule has 4 nitrogen and oxygen atoms in total. The van der Waals surface area contributed by atoms with Gasteiger partial charge in [0.1, 0.15) is 0 Å². The zero-order valence-electron chi connectivity index (χ0n) is 14.9. The van der Waals surface area contributed by atoms with Gasteiger partial charge in [0.25, 0.3) is 0 Å². The van der Waals surface area contributed by atoms with Gasteiger partial charge >= 0.3 is 5.97 Å². The Balaban J connectivity index is 3.70. The maximum absolute atomic E-state index is 10.4. The van der Waals surface area contributed by atoms with E-state index in [4.69, 9.17) is 5.11 Å². The molecule has 0 spiro atoms. The molecule has 0 aliphatic carbocycles. The Labute approximate surface area is 146 Å². The Kier molecular flexibility index (Phi) is 15.5. The van der Waals surface area contributed by atoms with Gasteiger partial charge in [0, 0.05) is 6.42 Å². The molecule has 0 heterocycles. The second-order valence-corrected chi connectivity index (χ2v) is 6.13. The van der Waals surface area contributed by atoms with Crippen molar-refractivity contribution in [3.63, 3.8) is 0 Å². The molecular weight excluding hydrogens is 304 g/mol. The third kappa shape index (κ3) is 17.0. The van der Waals surface area contributed by atoms with E-state index in [0.717, 1.165) is 12.8 Å². The maximum Gasteiger partial charge on any atom is 0.303 e. The molecule has 0 radical (unpaired) electrons. The summed E-state index contributed by atoms with van der Waals surface area (Å²) in [5.74, 6) is -0.837. The van der Waals surface area contributed by atoms with Gasteiger partial charge in [-0.15, -0.1) is 0 Å². The van der Waals surface area contributed by atoms with Crippen LogP contribution >= 0.6 is 0 Å². The lowest BCUT2D eigenvalue weighted by molar-refractivity contribution is -0.137. The quantitative estimate of drug-likeness (QED) is 0.306. The van der Waals surface area contributed by atoms with E-state index >= 15 is 0 Å². The number of aliphatic hydroxyl groups is 2. The smallest absolute Gasteiger partial charge is 0.303 e. The Morgan fingerprint density at radius 1 is 0.792 bits per heavy atom. The van der Waals surface area contributed by atoms with Crippen LogP contribution in [0.5, 0.6) is 0 Å². The van der Waals surface area contributed by atoms with Crippen LogP contribution in [0, 0.1) is 0 Å². The van der Waals surface area contributed by atoms with Crippen molar-refractivity contribution in [3.05, 3.63) is 36.5 Å². The average Bonchev–Trinajstić information content (AvgIpc) is 2.53. The van der Waals surface area contributed by atoms with E-state index in [1.807, 2.05) is 12.2 Å². The molecule has 0 aromatic heterocycles.